The average molecular weight is 209 g/mol. The first-order chi connectivity index (χ1) is 5.79. The lowest BCUT2D eigenvalue weighted by Crippen LogP contribution is -2.31. The highest BCUT2D eigenvalue weighted by Crippen LogP contribution is 2.02. The maximum absolute atomic E-state index is 11.0. The third-order valence-electron chi connectivity index (χ3n) is 1.41. The maximum Gasteiger partial charge on any atom is 0.275 e. The van der Waals surface area contributed by atoms with Crippen LogP contribution in [0, 0.1) is 0 Å². The smallest absolute Gasteiger partial charge is 0.275 e. The summed E-state index contributed by atoms with van der Waals surface area (Å²) in [5, 5.41) is -1.66. The number of amides is 1. The highest BCUT2D eigenvalue weighted by Gasteiger charge is 2.25. The number of carbonyl (C=O) groups is 2. The fourth-order valence-corrected chi connectivity index (χ4v) is 1.07. The SMILES string of the molecule is CN(C)C(=O)CC(C=O)S(=O)(=O)O. The van der Waals surface area contributed by atoms with Crippen LogP contribution in [0.15, 0.2) is 0 Å². The maximum atomic E-state index is 11.0. The van der Waals surface area contributed by atoms with Crippen LogP contribution in [-0.2, 0) is 19.7 Å². The second-order valence-corrected chi connectivity index (χ2v) is 4.32. The molecule has 0 saturated carbocycles. The van der Waals surface area contributed by atoms with Crippen LogP contribution in [0.4, 0.5) is 0 Å². The number of aldehydes is 1. The molecular formula is C6H11NO5S. The van der Waals surface area contributed by atoms with Crippen molar-refractivity contribution in [3.05, 3.63) is 0 Å². The molecule has 1 amide bonds. The molecule has 0 spiro atoms. The molecule has 1 N–H and O–H groups in total. The number of hydrogen-bond donors (Lipinski definition) is 1. The molecule has 1 unspecified atom stereocenters. The Hall–Kier alpha value is -0.950. The van der Waals surface area contributed by atoms with Gasteiger partial charge in [-0.2, -0.15) is 8.42 Å². The van der Waals surface area contributed by atoms with E-state index in [1.54, 1.807) is 0 Å². The molecule has 76 valence electrons. The highest BCUT2D eigenvalue weighted by atomic mass is 32.2. The predicted octanol–water partition coefficient (Wildman–Crippen LogP) is -1.08. The second kappa shape index (κ2) is 4.33. The number of rotatable bonds is 4. The molecule has 0 bridgehead atoms. The fraction of sp³-hybridized carbons (Fsp3) is 0.667. The Bertz CT molecular complexity index is 294. The fourth-order valence-electron chi connectivity index (χ4n) is 0.578. The van der Waals surface area contributed by atoms with E-state index in [0.29, 0.717) is 0 Å². The first-order valence-corrected chi connectivity index (χ1v) is 4.91. The minimum Gasteiger partial charge on any atom is -0.349 e. The van der Waals surface area contributed by atoms with Gasteiger partial charge in [0.25, 0.3) is 10.1 Å². The van der Waals surface area contributed by atoms with E-state index in [-0.39, 0.29) is 6.29 Å². The van der Waals surface area contributed by atoms with Gasteiger partial charge in [-0.25, -0.2) is 0 Å². The lowest BCUT2D eigenvalue weighted by molar-refractivity contribution is -0.129. The minimum atomic E-state index is -4.46. The largest absolute Gasteiger partial charge is 0.349 e. The van der Waals surface area contributed by atoms with Gasteiger partial charge in [0, 0.05) is 14.1 Å². The van der Waals surface area contributed by atoms with Gasteiger partial charge >= 0.3 is 0 Å². The van der Waals surface area contributed by atoms with Crippen molar-refractivity contribution in [1.82, 2.24) is 4.90 Å². The number of nitrogens with zero attached hydrogens (tertiary/aromatic N) is 1. The van der Waals surface area contributed by atoms with Crippen LogP contribution in [0.25, 0.3) is 0 Å². The molecule has 0 aromatic heterocycles. The van der Waals surface area contributed by atoms with Crippen molar-refractivity contribution in [1.29, 1.82) is 0 Å². The summed E-state index contributed by atoms with van der Waals surface area (Å²) < 4.78 is 29.4. The van der Waals surface area contributed by atoms with E-state index in [1.165, 1.54) is 14.1 Å². The van der Waals surface area contributed by atoms with Crippen LogP contribution < -0.4 is 0 Å². The van der Waals surface area contributed by atoms with Gasteiger partial charge < -0.3 is 9.69 Å². The van der Waals surface area contributed by atoms with Gasteiger partial charge in [-0.05, 0) is 0 Å². The van der Waals surface area contributed by atoms with E-state index in [0.717, 1.165) is 4.90 Å². The Morgan fingerprint density at radius 3 is 2.23 bits per heavy atom. The Kier molecular flexibility index (Phi) is 4.02. The quantitative estimate of drug-likeness (QED) is 0.469. The zero-order valence-corrected chi connectivity index (χ0v) is 8.11. The molecule has 0 aliphatic heterocycles. The Morgan fingerprint density at radius 2 is 2.00 bits per heavy atom. The van der Waals surface area contributed by atoms with Gasteiger partial charge in [0.15, 0.2) is 5.25 Å². The summed E-state index contributed by atoms with van der Waals surface area (Å²) in [4.78, 5) is 22.3. The first kappa shape index (κ1) is 12.0. The van der Waals surface area contributed by atoms with Crippen LogP contribution in [0.2, 0.25) is 0 Å². The van der Waals surface area contributed by atoms with Crippen LogP contribution in [-0.4, -0.2) is 49.4 Å². The van der Waals surface area contributed by atoms with Gasteiger partial charge in [0.1, 0.15) is 6.29 Å². The molecule has 0 fully saturated rings. The van der Waals surface area contributed by atoms with Crippen molar-refractivity contribution in [3.63, 3.8) is 0 Å². The van der Waals surface area contributed by atoms with Crippen molar-refractivity contribution in [3.8, 4) is 0 Å². The molecule has 0 rings (SSSR count). The van der Waals surface area contributed by atoms with E-state index >= 15 is 0 Å². The summed E-state index contributed by atoms with van der Waals surface area (Å²) in [5.41, 5.74) is 0. The van der Waals surface area contributed by atoms with Crippen LogP contribution >= 0.6 is 0 Å². The normalized spacial score (nSPS) is 13.5. The molecule has 0 radical (unpaired) electrons. The van der Waals surface area contributed by atoms with Crippen molar-refractivity contribution < 1.29 is 22.6 Å². The monoisotopic (exact) mass is 209 g/mol. The molecule has 1 atom stereocenters. The van der Waals surface area contributed by atoms with Crippen LogP contribution in [0.1, 0.15) is 6.42 Å². The molecule has 6 nitrogen and oxygen atoms in total. The Balaban J connectivity index is 4.50. The molecule has 0 aliphatic carbocycles. The van der Waals surface area contributed by atoms with Crippen molar-refractivity contribution in [2.45, 2.75) is 11.7 Å². The number of hydrogen-bond acceptors (Lipinski definition) is 4. The minimum absolute atomic E-state index is 0.0384. The van der Waals surface area contributed by atoms with Crippen LogP contribution in [0.5, 0.6) is 0 Å². The van der Waals surface area contributed by atoms with Gasteiger partial charge in [-0.1, -0.05) is 0 Å². The van der Waals surface area contributed by atoms with E-state index in [9.17, 15) is 18.0 Å². The molecule has 0 aromatic carbocycles. The molecule has 13 heavy (non-hydrogen) atoms. The van der Waals surface area contributed by atoms with Crippen molar-refractivity contribution >= 4 is 22.3 Å². The predicted molar refractivity (Wildman–Crippen MR) is 44.7 cm³/mol. The third kappa shape index (κ3) is 4.00. The van der Waals surface area contributed by atoms with Gasteiger partial charge in [-0.15, -0.1) is 0 Å². The summed E-state index contributed by atoms with van der Waals surface area (Å²) >= 11 is 0. The summed E-state index contributed by atoms with van der Waals surface area (Å²) in [7, 11) is -1.61. The zero-order valence-electron chi connectivity index (χ0n) is 7.30. The lowest BCUT2D eigenvalue weighted by atomic mass is 10.3. The first-order valence-electron chi connectivity index (χ1n) is 3.40. The van der Waals surface area contributed by atoms with Gasteiger partial charge in [0.05, 0.1) is 6.42 Å². The zero-order chi connectivity index (χ0) is 10.6. The summed E-state index contributed by atoms with van der Waals surface area (Å²) in [6, 6.07) is 0. The molecule has 0 aliphatic rings. The third-order valence-corrected chi connectivity index (χ3v) is 2.45. The molecule has 7 heteroatoms. The lowest BCUT2D eigenvalue weighted by Gasteiger charge is -2.11. The summed E-state index contributed by atoms with van der Waals surface area (Å²) in [6.45, 7) is 0. The molecule has 0 heterocycles. The molecule has 0 saturated heterocycles. The van der Waals surface area contributed by atoms with Crippen molar-refractivity contribution in [2.75, 3.05) is 14.1 Å². The molecular weight excluding hydrogens is 198 g/mol. The topological polar surface area (TPSA) is 91.8 Å². The second-order valence-electron chi connectivity index (χ2n) is 2.68. The standard InChI is InChI=1S/C6H11NO5S/c1-7(2)6(9)3-5(4-8)13(10,11)12/h4-5H,3H2,1-2H3,(H,10,11,12). The Labute approximate surface area is 76.3 Å². The average Bonchev–Trinajstić information content (AvgIpc) is 1.96. The summed E-state index contributed by atoms with van der Waals surface area (Å²) in [6.07, 6.45) is -0.494. The van der Waals surface area contributed by atoms with E-state index in [4.69, 9.17) is 4.55 Å². The van der Waals surface area contributed by atoms with Gasteiger partial charge in [-0.3, -0.25) is 9.35 Å². The number of carbonyl (C=O) groups excluding carboxylic acids is 2. The Morgan fingerprint density at radius 1 is 1.54 bits per heavy atom. The van der Waals surface area contributed by atoms with E-state index in [2.05, 4.69) is 0 Å². The van der Waals surface area contributed by atoms with Gasteiger partial charge in [0.2, 0.25) is 5.91 Å². The van der Waals surface area contributed by atoms with Crippen LogP contribution in [0.3, 0.4) is 0 Å². The van der Waals surface area contributed by atoms with Crippen molar-refractivity contribution in [2.24, 2.45) is 0 Å². The summed E-state index contributed by atoms with van der Waals surface area (Å²) in [5.74, 6) is -0.533. The van der Waals surface area contributed by atoms with E-state index in [1.807, 2.05) is 0 Å². The highest BCUT2D eigenvalue weighted by molar-refractivity contribution is 7.87. The van der Waals surface area contributed by atoms with E-state index < -0.39 is 27.7 Å². The molecule has 0 aromatic rings.